The third-order valence-electron chi connectivity index (χ3n) is 3.97. The summed E-state index contributed by atoms with van der Waals surface area (Å²) in [7, 11) is 1.59. The quantitative estimate of drug-likeness (QED) is 0.830. The van der Waals surface area contributed by atoms with Crippen LogP contribution in [0.5, 0.6) is 11.5 Å². The van der Waals surface area contributed by atoms with E-state index in [1.54, 1.807) is 19.4 Å². The van der Waals surface area contributed by atoms with E-state index in [9.17, 15) is 4.79 Å². The van der Waals surface area contributed by atoms with E-state index in [2.05, 4.69) is 0 Å². The van der Waals surface area contributed by atoms with E-state index in [0.29, 0.717) is 23.3 Å². The highest BCUT2D eigenvalue weighted by Crippen LogP contribution is 2.34. The molecule has 0 aliphatic carbocycles. The fourth-order valence-electron chi connectivity index (χ4n) is 2.69. The molecule has 2 aromatic rings. The van der Waals surface area contributed by atoms with E-state index in [1.807, 2.05) is 47.0 Å². The zero-order valence-electron chi connectivity index (χ0n) is 13.6. The van der Waals surface area contributed by atoms with Gasteiger partial charge in [-0.1, -0.05) is 12.1 Å². The lowest BCUT2D eigenvalue weighted by atomic mass is 10.2. The predicted molar refractivity (Wildman–Crippen MR) is 93.6 cm³/mol. The molecule has 24 heavy (non-hydrogen) atoms. The molecular weight excluding hydrogens is 326 g/mol. The molecule has 1 aromatic carbocycles. The smallest absolute Gasteiger partial charge is 0.260 e. The van der Waals surface area contributed by atoms with Gasteiger partial charge in [0.1, 0.15) is 5.76 Å². The first-order chi connectivity index (χ1) is 11.8. The van der Waals surface area contributed by atoms with E-state index in [4.69, 9.17) is 13.9 Å². The summed E-state index contributed by atoms with van der Waals surface area (Å²) in [5.74, 6) is 3.10. The van der Waals surface area contributed by atoms with E-state index < -0.39 is 0 Å². The van der Waals surface area contributed by atoms with Crippen molar-refractivity contribution in [3.8, 4) is 11.5 Å². The Labute approximate surface area is 145 Å². The van der Waals surface area contributed by atoms with E-state index in [-0.39, 0.29) is 12.5 Å². The molecule has 1 aromatic heterocycles. The second-order valence-electron chi connectivity index (χ2n) is 5.48. The first kappa shape index (κ1) is 16.8. The van der Waals surface area contributed by atoms with Crippen LogP contribution in [0.1, 0.15) is 17.4 Å². The molecule has 0 saturated carbocycles. The molecule has 3 rings (SSSR count). The van der Waals surface area contributed by atoms with Gasteiger partial charge in [-0.2, -0.15) is 0 Å². The van der Waals surface area contributed by atoms with Gasteiger partial charge in [0.25, 0.3) is 5.91 Å². The number of methoxy groups -OCH3 is 1. The highest BCUT2D eigenvalue weighted by Gasteiger charge is 2.23. The van der Waals surface area contributed by atoms with Crippen molar-refractivity contribution in [2.24, 2.45) is 0 Å². The molecule has 1 aliphatic rings. The van der Waals surface area contributed by atoms with Crippen LogP contribution >= 0.6 is 11.8 Å². The molecule has 0 radical (unpaired) electrons. The molecule has 1 fully saturated rings. The molecule has 1 amide bonds. The lowest BCUT2D eigenvalue weighted by molar-refractivity contribution is -0.133. The number of nitrogens with zero attached hydrogens (tertiary/aromatic N) is 1. The fourth-order valence-corrected chi connectivity index (χ4v) is 3.87. The van der Waals surface area contributed by atoms with Gasteiger partial charge >= 0.3 is 0 Å². The van der Waals surface area contributed by atoms with E-state index in [1.165, 1.54) is 0 Å². The SMILES string of the molecule is COc1ccccc1OCC(=O)N1CCS[C@@H](c2ccco2)CC1. The minimum Gasteiger partial charge on any atom is -0.493 e. The van der Waals surface area contributed by atoms with Crippen molar-refractivity contribution in [1.82, 2.24) is 4.90 Å². The van der Waals surface area contributed by atoms with Crippen molar-refractivity contribution in [3.63, 3.8) is 0 Å². The lowest BCUT2D eigenvalue weighted by Crippen LogP contribution is -2.36. The highest BCUT2D eigenvalue weighted by atomic mass is 32.2. The van der Waals surface area contributed by atoms with Gasteiger partial charge in [0.05, 0.1) is 18.6 Å². The Morgan fingerprint density at radius 3 is 2.83 bits per heavy atom. The molecule has 0 bridgehead atoms. The van der Waals surface area contributed by atoms with Gasteiger partial charge in [-0.25, -0.2) is 0 Å². The third kappa shape index (κ3) is 4.06. The van der Waals surface area contributed by atoms with Crippen molar-refractivity contribution < 1.29 is 18.7 Å². The van der Waals surface area contributed by atoms with E-state index >= 15 is 0 Å². The number of hydrogen-bond donors (Lipinski definition) is 0. The van der Waals surface area contributed by atoms with Crippen LogP contribution in [-0.2, 0) is 4.79 Å². The average molecular weight is 347 g/mol. The van der Waals surface area contributed by atoms with Crippen molar-refractivity contribution in [2.45, 2.75) is 11.7 Å². The Morgan fingerprint density at radius 1 is 1.25 bits per heavy atom. The molecule has 1 atom stereocenters. The van der Waals surface area contributed by atoms with E-state index in [0.717, 1.165) is 24.5 Å². The van der Waals surface area contributed by atoms with Crippen LogP contribution in [-0.4, -0.2) is 43.4 Å². The van der Waals surface area contributed by atoms with Crippen LogP contribution in [0.3, 0.4) is 0 Å². The summed E-state index contributed by atoms with van der Waals surface area (Å²) in [6.45, 7) is 1.47. The molecule has 128 valence electrons. The first-order valence-electron chi connectivity index (χ1n) is 7.96. The summed E-state index contributed by atoms with van der Waals surface area (Å²) in [5, 5.41) is 0.313. The Balaban J connectivity index is 1.54. The summed E-state index contributed by atoms with van der Waals surface area (Å²) >= 11 is 1.84. The molecule has 0 spiro atoms. The second-order valence-corrected chi connectivity index (χ2v) is 6.79. The zero-order valence-corrected chi connectivity index (χ0v) is 14.5. The van der Waals surface area contributed by atoms with Gasteiger partial charge in [0.2, 0.25) is 0 Å². The molecule has 0 N–H and O–H groups in total. The van der Waals surface area contributed by atoms with Gasteiger partial charge in [0.15, 0.2) is 18.1 Å². The molecular formula is C18H21NO4S. The van der Waals surface area contributed by atoms with Crippen LogP contribution in [0.2, 0.25) is 0 Å². The summed E-state index contributed by atoms with van der Waals surface area (Å²) in [5.41, 5.74) is 0. The molecule has 1 saturated heterocycles. The largest absolute Gasteiger partial charge is 0.493 e. The van der Waals surface area contributed by atoms with Crippen LogP contribution in [0.4, 0.5) is 0 Å². The van der Waals surface area contributed by atoms with Gasteiger partial charge in [-0.05, 0) is 30.7 Å². The molecule has 1 aliphatic heterocycles. The Morgan fingerprint density at radius 2 is 2.08 bits per heavy atom. The minimum absolute atomic E-state index is 0.00148. The Kier molecular flexibility index (Phi) is 5.69. The zero-order chi connectivity index (χ0) is 16.8. The number of amides is 1. The lowest BCUT2D eigenvalue weighted by Gasteiger charge is -2.20. The number of para-hydroxylation sites is 2. The Bertz CT molecular complexity index is 659. The normalized spacial score (nSPS) is 18.0. The van der Waals surface area contributed by atoms with Gasteiger partial charge < -0.3 is 18.8 Å². The monoisotopic (exact) mass is 347 g/mol. The second kappa shape index (κ2) is 8.15. The Hall–Kier alpha value is -2.08. The fraction of sp³-hybridized carbons (Fsp3) is 0.389. The number of carbonyl (C=O) groups excluding carboxylic acids is 1. The number of rotatable bonds is 5. The topological polar surface area (TPSA) is 51.9 Å². The maximum Gasteiger partial charge on any atom is 0.260 e. The number of thioether (sulfide) groups is 1. The van der Waals surface area contributed by atoms with Gasteiger partial charge in [-0.3, -0.25) is 4.79 Å². The van der Waals surface area contributed by atoms with Crippen LogP contribution in [0.25, 0.3) is 0 Å². The average Bonchev–Trinajstić information content (AvgIpc) is 3.04. The van der Waals surface area contributed by atoms with Crippen LogP contribution < -0.4 is 9.47 Å². The predicted octanol–water partition coefficient (Wildman–Crippen LogP) is 3.37. The maximum absolute atomic E-state index is 12.4. The minimum atomic E-state index is 0.00148. The van der Waals surface area contributed by atoms with Crippen LogP contribution in [0, 0.1) is 0 Å². The van der Waals surface area contributed by atoms with Crippen LogP contribution in [0.15, 0.2) is 47.1 Å². The van der Waals surface area contributed by atoms with Crippen molar-refractivity contribution in [2.75, 3.05) is 32.6 Å². The number of furan rings is 1. The summed E-state index contributed by atoms with van der Waals surface area (Å²) in [6, 6.07) is 11.3. The first-order valence-corrected chi connectivity index (χ1v) is 9.01. The number of benzene rings is 1. The van der Waals surface area contributed by atoms with Crippen molar-refractivity contribution >= 4 is 17.7 Å². The van der Waals surface area contributed by atoms with Gasteiger partial charge in [0, 0.05) is 18.8 Å². The van der Waals surface area contributed by atoms with Gasteiger partial charge in [-0.15, -0.1) is 11.8 Å². The van der Waals surface area contributed by atoms with Crippen molar-refractivity contribution in [3.05, 3.63) is 48.4 Å². The number of ether oxygens (including phenoxy) is 2. The summed E-state index contributed by atoms with van der Waals surface area (Å²) < 4.78 is 16.4. The molecule has 0 unspecified atom stereocenters. The number of carbonyl (C=O) groups is 1. The molecule has 6 heteroatoms. The standard InChI is InChI=1S/C18H21NO4S/c1-21-14-5-2-3-6-15(14)23-13-18(20)19-9-8-17(24-12-10-19)16-7-4-11-22-16/h2-7,11,17H,8-10,12-13H2,1H3/t17-/m1/s1. The summed E-state index contributed by atoms with van der Waals surface area (Å²) in [6.07, 6.45) is 2.59. The molecule has 5 nitrogen and oxygen atoms in total. The maximum atomic E-state index is 12.4. The third-order valence-corrected chi connectivity index (χ3v) is 5.26. The molecule has 2 heterocycles. The summed E-state index contributed by atoms with van der Waals surface area (Å²) in [4.78, 5) is 14.3. The van der Waals surface area contributed by atoms with Crippen molar-refractivity contribution in [1.29, 1.82) is 0 Å². The number of hydrogen-bond acceptors (Lipinski definition) is 5. The highest BCUT2D eigenvalue weighted by molar-refractivity contribution is 7.99.